The van der Waals surface area contributed by atoms with E-state index in [0.717, 1.165) is 25.9 Å². The first-order valence-corrected chi connectivity index (χ1v) is 8.48. The van der Waals surface area contributed by atoms with Crippen LogP contribution in [-0.4, -0.2) is 35.9 Å². The minimum absolute atomic E-state index is 0.0207. The van der Waals surface area contributed by atoms with Crippen molar-refractivity contribution in [2.45, 2.75) is 46.1 Å². The summed E-state index contributed by atoms with van der Waals surface area (Å²) in [5.41, 5.74) is 0.229. The molecule has 0 aromatic carbocycles. The van der Waals surface area contributed by atoms with Gasteiger partial charge in [-0.25, -0.2) is 4.98 Å². The van der Waals surface area contributed by atoms with Crippen molar-refractivity contribution in [3.63, 3.8) is 0 Å². The molecular formula is C15H24N4O2S. The fourth-order valence-corrected chi connectivity index (χ4v) is 2.85. The zero-order valence-electron chi connectivity index (χ0n) is 13.4. The summed E-state index contributed by atoms with van der Waals surface area (Å²) in [6.07, 6.45) is 2.35. The third-order valence-electron chi connectivity index (χ3n) is 3.46. The fraction of sp³-hybridized carbons (Fsp3) is 0.667. The van der Waals surface area contributed by atoms with Crippen molar-refractivity contribution in [2.24, 2.45) is 5.41 Å². The zero-order chi connectivity index (χ0) is 16.2. The Hall–Kier alpha value is -1.47. The van der Waals surface area contributed by atoms with Gasteiger partial charge in [0, 0.05) is 23.4 Å². The first kappa shape index (κ1) is 16.9. The van der Waals surface area contributed by atoms with Gasteiger partial charge in [-0.3, -0.25) is 9.59 Å². The molecule has 3 N–H and O–H groups in total. The smallest absolute Gasteiger partial charge is 0.231 e. The molecule has 2 rings (SSSR count). The summed E-state index contributed by atoms with van der Waals surface area (Å²) in [5.74, 6) is -0.0983. The van der Waals surface area contributed by atoms with Crippen molar-refractivity contribution in [2.75, 3.05) is 18.4 Å². The van der Waals surface area contributed by atoms with E-state index in [0.29, 0.717) is 10.8 Å². The molecule has 0 bridgehead atoms. The quantitative estimate of drug-likeness (QED) is 0.784. The Bertz CT molecular complexity index is 530. The predicted octanol–water partition coefficient (Wildman–Crippen LogP) is 1.54. The van der Waals surface area contributed by atoms with Gasteiger partial charge in [0.1, 0.15) is 0 Å². The van der Waals surface area contributed by atoms with Crippen LogP contribution in [0.15, 0.2) is 5.38 Å². The van der Waals surface area contributed by atoms with Crippen molar-refractivity contribution < 1.29 is 9.59 Å². The molecule has 1 aromatic heterocycles. The molecule has 2 amide bonds. The molecule has 6 nitrogen and oxygen atoms in total. The SMILES string of the molecule is CC(C)(C)C(=O)Nc1nc(CC(=O)N[C@H]2CCCNC2)cs1. The third kappa shape index (κ3) is 5.06. The van der Waals surface area contributed by atoms with E-state index in [1.807, 2.05) is 26.2 Å². The molecular weight excluding hydrogens is 300 g/mol. The van der Waals surface area contributed by atoms with Crippen molar-refractivity contribution in [1.82, 2.24) is 15.6 Å². The van der Waals surface area contributed by atoms with Crippen molar-refractivity contribution in [3.05, 3.63) is 11.1 Å². The summed E-state index contributed by atoms with van der Waals surface area (Å²) in [6, 6.07) is 0.208. The molecule has 1 aliphatic rings. The monoisotopic (exact) mass is 324 g/mol. The second-order valence-corrected chi connectivity index (χ2v) is 7.49. The fourth-order valence-electron chi connectivity index (χ4n) is 2.15. The van der Waals surface area contributed by atoms with E-state index in [9.17, 15) is 9.59 Å². The summed E-state index contributed by atoms with van der Waals surface area (Å²) in [7, 11) is 0. The molecule has 122 valence electrons. The van der Waals surface area contributed by atoms with E-state index in [1.165, 1.54) is 11.3 Å². The molecule has 2 heterocycles. The van der Waals surface area contributed by atoms with E-state index < -0.39 is 5.41 Å². The number of rotatable bonds is 4. The first-order chi connectivity index (χ1) is 10.3. The van der Waals surface area contributed by atoms with Crippen LogP contribution in [0.2, 0.25) is 0 Å². The molecule has 0 aliphatic carbocycles. The molecule has 0 radical (unpaired) electrons. The van der Waals surface area contributed by atoms with Crippen LogP contribution in [0, 0.1) is 5.41 Å². The molecule has 0 spiro atoms. The average molecular weight is 324 g/mol. The van der Waals surface area contributed by atoms with Gasteiger partial charge < -0.3 is 16.0 Å². The van der Waals surface area contributed by atoms with Gasteiger partial charge in [0.25, 0.3) is 0 Å². The molecule has 7 heteroatoms. The number of thiazole rings is 1. The van der Waals surface area contributed by atoms with Crippen LogP contribution >= 0.6 is 11.3 Å². The first-order valence-electron chi connectivity index (χ1n) is 7.60. The second-order valence-electron chi connectivity index (χ2n) is 6.64. The van der Waals surface area contributed by atoms with E-state index in [1.54, 1.807) is 0 Å². The van der Waals surface area contributed by atoms with Crippen LogP contribution in [0.25, 0.3) is 0 Å². The lowest BCUT2D eigenvalue weighted by molar-refractivity contribution is -0.123. The number of anilines is 1. The van der Waals surface area contributed by atoms with Crippen molar-refractivity contribution >= 4 is 28.3 Å². The normalized spacial score (nSPS) is 18.8. The molecule has 0 saturated carbocycles. The van der Waals surface area contributed by atoms with Crippen LogP contribution in [0.3, 0.4) is 0 Å². The van der Waals surface area contributed by atoms with E-state index in [2.05, 4.69) is 20.9 Å². The van der Waals surface area contributed by atoms with E-state index in [4.69, 9.17) is 0 Å². The van der Waals surface area contributed by atoms with Crippen LogP contribution in [-0.2, 0) is 16.0 Å². The summed E-state index contributed by atoms with van der Waals surface area (Å²) < 4.78 is 0. The third-order valence-corrected chi connectivity index (χ3v) is 4.26. The largest absolute Gasteiger partial charge is 0.352 e. The van der Waals surface area contributed by atoms with Gasteiger partial charge in [0.15, 0.2) is 5.13 Å². The summed E-state index contributed by atoms with van der Waals surface area (Å²) >= 11 is 1.35. The maximum atomic E-state index is 12.0. The second kappa shape index (κ2) is 7.19. The lowest BCUT2D eigenvalue weighted by atomic mass is 9.96. The number of nitrogens with zero attached hydrogens (tertiary/aromatic N) is 1. The number of piperidine rings is 1. The number of amides is 2. The number of nitrogens with one attached hydrogen (secondary N) is 3. The van der Waals surface area contributed by atoms with Crippen molar-refractivity contribution in [3.8, 4) is 0 Å². The Morgan fingerprint density at radius 3 is 2.86 bits per heavy atom. The highest BCUT2D eigenvalue weighted by Gasteiger charge is 2.22. The highest BCUT2D eigenvalue weighted by Crippen LogP contribution is 2.20. The number of carbonyl (C=O) groups is 2. The topological polar surface area (TPSA) is 83.1 Å². The molecule has 1 atom stereocenters. The minimum atomic E-state index is -0.461. The minimum Gasteiger partial charge on any atom is -0.352 e. The van der Waals surface area contributed by atoms with Crippen LogP contribution in [0.1, 0.15) is 39.3 Å². The zero-order valence-corrected chi connectivity index (χ0v) is 14.2. The Labute approximate surface area is 135 Å². The molecule has 1 aromatic rings. The maximum absolute atomic E-state index is 12.0. The lowest BCUT2D eigenvalue weighted by Gasteiger charge is -2.23. The summed E-state index contributed by atoms with van der Waals surface area (Å²) in [4.78, 5) is 28.2. The Morgan fingerprint density at radius 1 is 1.45 bits per heavy atom. The van der Waals surface area contributed by atoms with Gasteiger partial charge in [-0.1, -0.05) is 20.8 Å². The lowest BCUT2D eigenvalue weighted by Crippen LogP contribution is -2.46. The maximum Gasteiger partial charge on any atom is 0.231 e. The molecule has 22 heavy (non-hydrogen) atoms. The number of carbonyl (C=O) groups excluding carboxylic acids is 2. The van der Waals surface area contributed by atoms with Gasteiger partial charge >= 0.3 is 0 Å². The standard InChI is InChI=1S/C15H24N4O2S/c1-15(2,3)13(21)19-14-18-11(9-22-14)7-12(20)17-10-5-4-6-16-8-10/h9-10,16H,4-8H2,1-3H3,(H,17,20)(H,18,19,21)/t10-/m0/s1. The summed E-state index contributed by atoms with van der Waals surface area (Å²) in [5, 5.41) is 11.4. The van der Waals surface area contributed by atoms with E-state index >= 15 is 0 Å². The van der Waals surface area contributed by atoms with Gasteiger partial charge in [-0.15, -0.1) is 11.3 Å². The van der Waals surface area contributed by atoms with E-state index in [-0.39, 0.29) is 24.3 Å². The highest BCUT2D eigenvalue weighted by atomic mass is 32.1. The predicted molar refractivity (Wildman–Crippen MR) is 87.9 cm³/mol. The Balaban J connectivity index is 1.83. The molecule has 1 fully saturated rings. The number of hydrogen-bond donors (Lipinski definition) is 3. The summed E-state index contributed by atoms with van der Waals surface area (Å²) in [6.45, 7) is 7.40. The van der Waals surface area contributed by atoms with Crippen LogP contribution in [0.4, 0.5) is 5.13 Å². The molecule has 0 unspecified atom stereocenters. The number of aromatic nitrogens is 1. The Kier molecular flexibility index (Phi) is 5.52. The highest BCUT2D eigenvalue weighted by molar-refractivity contribution is 7.13. The molecule has 1 saturated heterocycles. The molecule has 1 aliphatic heterocycles. The number of hydrogen-bond acceptors (Lipinski definition) is 5. The Morgan fingerprint density at radius 2 is 2.23 bits per heavy atom. The average Bonchev–Trinajstić information content (AvgIpc) is 2.85. The van der Waals surface area contributed by atoms with Crippen molar-refractivity contribution in [1.29, 1.82) is 0 Å². The van der Waals surface area contributed by atoms with Gasteiger partial charge in [0.2, 0.25) is 11.8 Å². The van der Waals surface area contributed by atoms with Gasteiger partial charge in [-0.05, 0) is 19.4 Å². The van der Waals surface area contributed by atoms with Crippen LogP contribution in [0.5, 0.6) is 0 Å². The van der Waals surface area contributed by atoms with Crippen LogP contribution < -0.4 is 16.0 Å². The van der Waals surface area contributed by atoms with Gasteiger partial charge in [-0.2, -0.15) is 0 Å². The van der Waals surface area contributed by atoms with Gasteiger partial charge in [0.05, 0.1) is 12.1 Å².